The van der Waals surface area contributed by atoms with Gasteiger partial charge in [0.1, 0.15) is 17.5 Å². The van der Waals surface area contributed by atoms with Gasteiger partial charge in [-0.2, -0.15) is 5.26 Å². The van der Waals surface area contributed by atoms with E-state index < -0.39 is 0 Å². The summed E-state index contributed by atoms with van der Waals surface area (Å²) in [6, 6.07) is 8.05. The maximum atomic E-state index is 12.4. The van der Waals surface area contributed by atoms with Gasteiger partial charge in [0, 0.05) is 18.0 Å². The van der Waals surface area contributed by atoms with Gasteiger partial charge >= 0.3 is 0 Å². The average Bonchev–Trinajstić information content (AvgIpc) is 2.76. The number of ketones is 1. The number of hydrogen-bond acceptors (Lipinski definition) is 4. The lowest BCUT2D eigenvalue weighted by atomic mass is 9.87. The molecule has 1 N–H and O–H groups in total. The Labute approximate surface area is 106 Å². The largest absolute Gasteiger partial charge is 0.311 e. The van der Waals surface area contributed by atoms with Crippen molar-refractivity contribution in [3.8, 4) is 6.07 Å². The van der Waals surface area contributed by atoms with Crippen molar-refractivity contribution in [3.05, 3.63) is 29.6 Å². The van der Waals surface area contributed by atoms with Crippen molar-refractivity contribution in [1.82, 2.24) is 10.3 Å². The van der Waals surface area contributed by atoms with Gasteiger partial charge in [-0.25, -0.2) is 4.98 Å². The van der Waals surface area contributed by atoms with Gasteiger partial charge in [-0.15, -0.1) is 0 Å². The number of nitrogens with zero attached hydrogens (tertiary/aromatic N) is 2. The molecular weight excluding hydrogens is 226 g/mol. The van der Waals surface area contributed by atoms with Gasteiger partial charge in [0.15, 0.2) is 5.78 Å². The molecule has 0 spiro atoms. The number of rotatable bonds is 2. The van der Waals surface area contributed by atoms with E-state index in [4.69, 9.17) is 5.26 Å². The van der Waals surface area contributed by atoms with E-state index in [0.717, 1.165) is 12.8 Å². The van der Waals surface area contributed by atoms with Gasteiger partial charge in [0.05, 0.1) is 0 Å². The van der Waals surface area contributed by atoms with Gasteiger partial charge < -0.3 is 5.32 Å². The van der Waals surface area contributed by atoms with Crippen LogP contribution in [0.5, 0.6) is 0 Å². The molecule has 4 nitrogen and oxygen atoms in total. The maximum absolute atomic E-state index is 12.4. The smallest absolute Gasteiger partial charge is 0.184 e. The SMILES string of the molecule is N#Cc1cccc(C(=O)C2CC3CCC(C2)N3)n1. The van der Waals surface area contributed by atoms with Crippen LogP contribution in [0, 0.1) is 17.2 Å². The van der Waals surface area contributed by atoms with Crippen molar-refractivity contribution in [2.24, 2.45) is 5.92 Å². The first kappa shape index (κ1) is 11.4. The first-order valence-corrected chi connectivity index (χ1v) is 6.43. The molecule has 2 aliphatic heterocycles. The topological polar surface area (TPSA) is 65.8 Å². The van der Waals surface area contributed by atoms with Crippen molar-refractivity contribution >= 4 is 5.78 Å². The zero-order valence-electron chi connectivity index (χ0n) is 10.1. The Morgan fingerprint density at radius 3 is 2.72 bits per heavy atom. The molecule has 1 aromatic heterocycles. The van der Waals surface area contributed by atoms with Gasteiger partial charge in [-0.1, -0.05) is 6.07 Å². The second-order valence-corrected chi connectivity index (χ2v) is 5.19. The van der Waals surface area contributed by atoms with E-state index in [0.29, 0.717) is 23.5 Å². The molecule has 2 atom stereocenters. The van der Waals surface area contributed by atoms with Crippen LogP contribution < -0.4 is 5.32 Å². The summed E-state index contributed by atoms with van der Waals surface area (Å²) in [4.78, 5) is 16.5. The molecule has 2 unspecified atom stereocenters. The number of nitriles is 1. The molecule has 2 saturated heterocycles. The number of Topliss-reactive ketones (excluding diaryl/α,β-unsaturated/α-hetero) is 1. The summed E-state index contributed by atoms with van der Waals surface area (Å²) in [7, 11) is 0. The Morgan fingerprint density at radius 1 is 1.33 bits per heavy atom. The van der Waals surface area contributed by atoms with Gasteiger partial charge in [-0.05, 0) is 37.8 Å². The van der Waals surface area contributed by atoms with Crippen molar-refractivity contribution in [2.75, 3.05) is 0 Å². The molecule has 3 heterocycles. The molecule has 0 amide bonds. The van der Waals surface area contributed by atoms with Crippen molar-refractivity contribution in [2.45, 2.75) is 37.8 Å². The lowest BCUT2D eigenvalue weighted by Crippen LogP contribution is -2.40. The summed E-state index contributed by atoms with van der Waals surface area (Å²) >= 11 is 0. The second-order valence-electron chi connectivity index (χ2n) is 5.19. The zero-order valence-corrected chi connectivity index (χ0v) is 10.1. The lowest BCUT2D eigenvalue weighted by molar-refractivity contribution is 0.0870. The Kier molecular flexibility index (Phi) is 2.85. The molecule has 18 heavy (non-hydrogen) atoms. The maximum Gasteiger partial charge on any atom is 0.184 e. The highest BCUT2D eigenvalue weighted by molar-refractivity contribution is 5.96. The van der Waals surface area contributed by atoms with Crippen molar-refractivity contribution in [3.63, 3.8) is 0 Å². The summed E-state index contributed by atoms with van der Waals surface area (Å²) in [5.41, 5.74) is 0.762. The third-order valence-electron chi connectivity index (χ3n) is 3.96. The highest BCUT2D eigenvalue weighted by atomic mass is 16.1. The summed E-state index contributed by atoms with van der Waals surface area (Å²) in [5.74, 6) is 0.177. The number of hydrogen-bond donors (Lipinski definition) is 1. The molecular formula is C14H15N3O. The fourth-order valence-corrected chi connectivity index (χ4v) is 3.11. The molecule has 92 valence electrons. The van der Waals surface area contributed by atoms with Crippen LogP contribution in [0.1, 0.15) is 41.9 Å². The normalized spacial score (nSPS) is 29.8. The van der Waals surface area contributed by atoms with E-state index in [2.05, 4.69) is 10.3 Å². The Morgan fingerprint density at radius 2 is 2.06 bits per heavy atom. The van der Waals surface area contributed by atoms with E-state index >= 15 is 0 Å². The van der Waals surface area contributed by atoms with E-state index in [1.807, 2.05) is 6.07 Å². The van der Waals surface area contributed by atoms with E-state index in [1.165, 1.54) is 12.8 Å². The number of aromatic nitrogens is 1. The number of carbonyl (C=O) groups excluding carboxylic acids is 1. The molecule has 0 aromatic carbocycles. The molecule has 2 fully saturated rings. The molecule has 3 rings (SSSR count). The summed E-state index contributed by atoms with van der Waals surface area (Å²) < 4.78 is 0. The lowest BCUT2D eigenvalue weighted by Gasteiger charge is -2.27. The zero-order chi connectivity index (χ0) is 12.5. The quantitative estimate of drug-likeness (QED) is 0.800. The van der Waals surface area contributed by atoms with Crippen molar-refractivity contribution < 1.29 is 4.79 Å². The van der Waals surface area contributed by atoms with Crippen LogP contribution in [-0.2, 0) is 0 Å². The van der Waals surface area contributed by atoms with Crippen LogP contribution >= 0.6 is 0 Å². The van der Waals surface area contributed by atoms with E-state index in [9.17, 15) is 4.79 Å². The number of fused-ring (bicyclic) bond motifs is 2. The third kappa shape index (κ3) is 2.02. The minimum Gasteiger partial charge on any atom is -0.311 e. The van der Waals surface area contributed by atoms with Crippen LogP contribution in [-0.4, -0.2) is 22.9 Å². The first-order chi connectivity index (χ1) is 8.76. The molecule has 0 radical (unpaired) electrons. The van der Waals surface area contributed by atoms with Crippen LogP contribution in [0.25, 0.3) is 0 Å². The minimum absolute atomic E-state index is 0.0743. The van der Waals surface area contributed by atoms with Crippen LogP contribution in [0.15, 0.2) is 18.2 Å². The fourth-order valence-electron chi connectivity index (χ4n) is 3.11. The number of nitrogens with one attached hydrogen (secondary N) is 1. The highest BCUT2D eigenvalue weighted by Gasteiger charge is 2.37. The van der Waals surface area contributed by atoms with Crippen LogP contribution in [0.2, 0.25) is 0 Å². The predicted molar refractivity (Wildman–Crippen MR) is 66.0 cm³/mol. The second kappa shape index (κ2) is 4.51. The first-order valence-electron chi connectivity index (χ1n) is 6.43. The standard InChI is InChI=1S/C14H15N3O/c15-8-12-2-1-3-13(17-12)14(18)9-6-10-4-5-11(7-9)16-10/h1-3,9-11,16H,4-7H2. The molecule has 0 aliphatic carbocycles. The van der Waals surface area contributed by atoms with Crippen LogP contribution in [0.4, 0.5) is 0 Å². The van der Waals surface area contributed by atoms with Gasteiger partial charge in [0.25, 0.3) is 0 Å². The molecule has 4 heteroatoms. The number of carbonyl (C=O) groups is 1. The van der Waals surface area contributed by atoms with Gasteiger partial charge in [-0.3, -0.25) is 4.79 Å². The molecule has 1 aromatic rings. The molecule has 0 saturated carbocycles. The van der Waals surface area contributed by atoms with E-state index in [-0.39, 0.29) is 11.7 Å². The summed E-state index contributed by atoms with van der Waals surface area (Å²) in [6.45, 7) is 0. The van der Waals surface area contributed by atoms with E-state index in [1.54, 1.807) is 18.2 Å². The molecule has 2 bridgehead atoms. The number of piperidine rings is 1. The predicted octanol–water partition coefficient (Wildman–Crippen LogP) is 1.67. The van der Waals surface area contributed by atoms with Crippen molar-refractivity contribution in [1.29, 1.82) is 5.26 Å². The minimum atomic E-state index is 0.0743. The highest BCUT2D eigenvalue weighted by Crippen LogP contribution is 2.32. The van der Waals surface area contributed by atoms with Gasteiger partial charge in [0.2, 0.25) is 0 Å². The number of pyridine rings is 1. The average molecular weight is 241 g/mol. The summed E-state index contributed by atoms with van der Waals surface area (Å²) in [6.07, 6.45) is 4.18. The monoisotopic (exact) mass is 241 g/mol. The Hall–Kier alpha value is -1.73. The van der Waals surface area contributed by atoms with Crippen LogP contribution in [0.3, 0.4) is 0 Å². The third-order valence-corrected chi connectivity index (χ3v) is 3.96. The Bertz CT molecular complexity index is 508. The fraction of sp³-hybridized carbons (Fsp3) is 0.500. The Balaban J connectivity index is 1.80. The summed E-state index contributed by atoms with van der Waals surface area (Å²) in [5, 5.41) is 12.3. The molecule has 2 aliphatic rings.